The van der Waals surface area contributed by atoms with E-state index in [0.717, 1.165) is 19.4 Å². The fourth-order valence-electron chi connectivity index (χ4n) is 4.74. The fraction of sp³-hybridized carbons (Fsp3) is 0.737. The van der Waals surface area contributed by atoms with Gasteiger partial charge in [0.25, 0.3) is 0 Å². The Balaban J connectivity index is 2.52. The largest absolute Gasteiger partial charge is 0.380 e. The summed E-state index contributed by atoms with van der Waals surface area (Å²) < 4.78 is 5.52. The first-order chi connectivity index (χ1) is 10.9. The second kappa shape index (κ2) is 7.18. The molecule has 23 heavy (non-hydrogen) atoms. The average molecular weight is 320 g/mol. The number of hydrogen-bond donors (Lipinski definition) is 0. The maximum absolute atomic E-state index is 12.0. The summed E-state index contributed by atoms with van der Waals surface area (Å²) >= 11 is 0. The lowest BCUT2D eigenvalue weighted by Crippen LogP contribution is -2.57. The van der Waals surface area contributed by atoms with Gasteiger partial charge in [0.1, 0.15) is 0 Å². The summed E-state index contributed by atoms with van der Waals surface area (Å²) in [6.45, 7) is 10.5. The van der Waals surface area contributed by atoms with Gasteiger partial charge < -0.3 is 9.64 Å². The topological polar surface area (TPSA) is 32.8 Å². The molecule has 1 unspecified atom stereocenters. The average Bonchev–Trinajstić information content (AvgIpc) is 2.92. The van der Waals surface area contributed by atoms with Crippen molar-refractivity contribution in [1.29, 1.82) is 0 Å². The summed E-state index contributed by atoms with van der Waals surface area (Å²) in [5.41, 5.74) is 2.15. The number of carbonyl (C=O) groups is 1. The van der Waals surface area contributed by atoms with Gasteiger partial charge in [-0.2, -0.15) is 0 Å². The molecule has 0 aliphatic carbocycles. The Hall–Kier alpha value is -1.13. The van der Waals surface area contributed by atoms with Crippen LogP contribution in [0.3, 0.4) is 0 Å². The minimum atomic E-state index is -0.307. The minimum absolute atomic E-state index is 0.307. The third kappa shape index (κ3) is 2.99. The molecule has 2 rings (SSSR count). The zero-order valence-electron chi connectivity index (χ0n) is 15.5. The molecule has 0 radical (unpaired) electrons. The Morgan fingerprint density at radius 2 is 2.00 bits per heavy atom. The summed E-state index contributed by atoms with van der Waals surface area (Å²) in [6, 6.07) is 0.404. The molecule has 1 saturated heterocycles. The van der Waals surface area contributed by atoms with E-state index >= 15 is 0 Å². The first kappa shape index (κ1) is 18.2. The van der Waals surface area contributed by atoms with Crippen molar-refractivity contribution in [2.75, 3.05) is 27.3 Å². The van der Waals surface area contributed by atoms with Crippen LogP contribution in [0.25, 0.3) is 0 Å². The molecule has 4 nitrogen and oxygen atoms in total. The van der Waals surface area contributed by atoms with Crippen molar-refractivity contribution in [3.05, 3.63) is 23.4 Å². The quantitative estimate of drug-likeness (QED) is 0.705. The maximum Gasteiger partial charge on any atom is 0.214 e. The standard InChI is InChI=1S/C19H32N2O2/c1-14(2)19(15(3)4)17(12-23-6)10-16(11-21(19)13-22)18-8-7-9-20(18)5/h10-11,13-15,18H,7-9,12H2,1-6H3. The maximum atomic E-state index is 12.0. The van der Waals surface area contributed by atoms with Crippen LogP contribution in [0.1, 0.15) is 40.5 Å². The molecule has 1 amide bonds. The Bertz CT molecular complexity index is 486. The van der Waals surface area contributed by atoms with Gasteiger partial charge >= 0.3 is 0 Å². The molecule has 2 heterocycles. The van der Waals surface area contributed by atoms with Crippen molar-refractivity contribution >= 4 is 6.41 Å². The van der Waals surface area contributed by atoms with Crippen LogP contribution in [0.5, 0.6) is 0 Å². The van der Waals surface area contributed by atoms with Crippen LogP contribution < -0.4 is 0 Å². The number of rotatable bonds is 6. The van der Waals surface area contributed by atoms with Crippen molar-refractivity contribution in [1.82, 2.24) is 9.80 Å². The SMILES string of the molecule is COCC1=CC(C2CCCN2C)=CN(C=O)C1(C(C)C)C(C)C. The second-order valence-electron chi connectivity index (χ2n) is 7.52. The molecule has 0 bridgehead atoms. The molecule has 2 aliphatic heterocycles. The zero-order valence-corrected chi connectivity index (χ0v) is 15.5. The van der Waals surface area contributed by atoms with Crippen LogP contribution in [-0.4, -0.2) is 55.1 Å². The van der Waals surface area contributed by atoms with E-state index in [1.807, 2.05) is 4.90 Å². The van der Waals surface area contributed by atoms with Crippen LogP contribution in [-0.2, 0) is 9.53 Å². The van der Waals surface area contributed by atoms with Crippen molar-refractivity contribution < 1.29 is 9.53 Å². The van der Waals surface area contributed by atoms with Crippen LogP contribution in [0.15, 0.2) is 23.4 Å². The normalized spacial score (nSPS) is 25.0. The molecule has 0 aromatic carbocycles. The van der Waals surface area contributed by atoms with Gasteiger partial charge in [-0.3, -0.25) is 9.69 Å². The minimum Gasteiger partial charge on any atom is -0.380 e. The molecule has 0 spiro atoms. The third-order valence-corrected chi connectivity index (χ3v) is 5.65. The summed E-state index contributed by atoms with van der Waals surface area (Å²) in [4.78, 5) is 16.3. The van der Waals surface area contributed by atoms with E-state index in [2.05, 4.69) is 51.9 Å². The highest BCUT2D eigenvalue weighted by Crippen LogP contribution is 2.43. The smallest absolute Gasteiger partial charge is 0.214 e. The first-order valence-electron chi connectivity index (χ1n) is 8.75. The van der Waals surface area contributed by atoms with Gasteiger partial charge in [0.05, 0.1) is 12.1 Å². The van der Waals surface area contributed by atoms with Crippen molar-refractivity contribution in [3.63, 3.8) is 0 Å². The Morgan fingerprint density at radius 1 is 1.35 bits per heavy atom. The van der Waals surface area contributed by atoms with Gasteiger partial charge in [-0.25, -0.2) is 0 Å². The number of likely N-dealkylation sites (N-methyl/N-ethyl adjacent to an activating group) is 1. The third-order valence-electron chi connectivity index (χ3n) is 5.65. The molecule has 0 aromatic rings. The van der Waals surface area contributed by atoms with E-state index in [1.165, 1.54) is 17.6 Å². The van der Waals surface area contributed by atoms with Crippen LogP contribution in [0.4, 0.5) is 0 Å². The fourth-order valence-corrected chi connectivity index (χ4v) is 4.74. The lowest BCUT2D eigenvalue weighted by atomic mass is 9.68. The number of nitrogens with zero attached hydrogens (tertiary/aromatic N) is 2. The molecular formula is C19H32N2O2. The zero-order chi connectivity index (χ0) is 17.2. The van der Waals surface area contributed by atoms with E-state index in [0.29, 0.717) is 24.5 Å². The molecule has 0 aromatic heterocycles. The Kier molecular flexibility index (Phi) is 5.69. The highest BCUT2D eigenvalue weighted by Gasteiger charge is 2.47. The van der Waals surface area contributed by atoms with Crippen LogP contribution in [0.2, 0.25) is 0 Å². The van der Waals surface area contributed by atoms with Gasteiger partial charge in [0, 0.05) is 19.4 Å². The molecule has 0 saturated carbocycles. The number of amides is 1. The number of methoxy groups -OCH3 is 1. The lowest BCUT2D eigenvalue weighted by Gasteiger charge is -2.51. The number of likely N-dealkylation sites (tertiary alicyclic amines) is 1. The van der Waals surface area contributed by atoms with Crippen molar-refractivity contribution in [2.45, 2.75) is 52.1 Å². The number of carbonyl (C=O) groups excluding carboxylic acids is 1. The van der Waals surface area contributed by atoms with E-state index in [-0.39, 0.29) is 5.54 Å². The van der Waals surface area contributed by atoms with Gasteiger partial charge in [0.15, 0.2) is 0 Å². The van der Waals surface area contributed by atoms with E-state index in [9.17, 15) is 4.79 Å². The number of ether oxygens (including phenoxy) is 1. The predicted molar refractivity (Wildman–Crippen MR) is 94.0 cm³/mol. The summed E-state index contributed by atoms with van der Waals surface area (Å²) in [7, 11) is 3.90. The van der Waals surface area contributed by atoms with Crippen molar-refractivity contribution in [3.8, 4) is 0 Å². The number of hydrogen-bond acceptors (Lipinski definition) is 3. The lowest BCUT2D eigenvalue weighted by molar-refractivity contribution is -0.122. The predicted octanol–water partition coefficient (Wildman–Crippen LogP) is 3.06. The molecule has 1 atom stereocenters. The molecular weight excluding hydrogens is 288 g/mol. The Morgan fingerprint density at radius 3 is 2.43 bits per heavy atom. The monoisotopic (exact) mass is 320 g/mol. The highest BCUT2D eigenvalue weighted by atomic mass is 16.5. The van der Waals surface area contributed by atoms with E-state index in [4.69, 9.17) is 4.74 Å². The second-order valence-corrected chi connectivity index (χ2v) is 7.52. The first-order valence-corrected chi connectivity index (χ1v) is 8.75. The Labute approximate surface area is 141 Å². The summed E-state index contributed by atoms with van der Waals surface area (Å²) in [6.07, 6.45) is 7.75. The molecule has 130 valence electrons. The molecule has 1 fully saturated rings. The van der Waals surface area contributed by atoms with Crippen LogP contribution >= 0.6 is 0 Å². The molecule has 4 heteroatoms. The van der Waals surface area contributed by atoms with Gasteiger partial charge in [-0.1, -0.05) is 33.8 Å². The van der Waals surface area contributed by atoms with E-state index in [1.54, 1.807) is 7.11 Å². The van der Waals surface area contributed by atoms with Crippen LogP contribution in [0, 0.1) is 11.8 Å². The van der Waals surface area contributed by atoms with Crippen molar-refractivity contribution in [2.24, 2.45) is 11.8 Å². The van der Waals surface area contributed by atoms with Gasteiger partial charge in [-0.05, 0) is 49.4 Å². The molecule has 0 N–H and O–H groups in total. The summed E-state index contributed by atoms with van der Waals surface area (Å²) in [5.74, 6) is 0.626. The summed E-state index contributed by atoms with van der Waals surface area (Å²) in [5, 5.41) is 0. The van der Waals surface area contributed by atoms with Gasteiger partial charge in [-0.15, -0.1) is 0 Å². The highest BCUT2D eigenvalue weighted by molar-refractivity contribution is 5.58. The molecule has 2 aliphatic rings. The van der Waals surface area contributed by atoms with Gasteiger partial charge in [0.2, 0.25) is 6.41 Å². The van der Waals surface area contributed by atoms with E-state index < -0.39 is 0 Å².